The molecule has 1 rings (SSSR count). The Bertz CT molecular complexity index is 338. The van der Waals surface area contributed by atoms with Crippen molar-refractivity contribution in [3.63, 3.8) is 0 Å². The third-order valence-electron chi connectivity index (χ3n) is 3.17. The van der Waals surface area contributed by atoms with Crippen LogP contribution in [-0.4, -0.2) is 65.8 Å². The van der Waals surface area contributed by atoms with Crippen molar-refractivity contribution >= 4 is 10.2 Å². The molecule has 0 aromatic carbocycles. The van der Waals surface area contributed by atoms with Gasteiger partial charge in [-0.25, -0.2) is 0 Å². The van der Waals surface area contributed by atoms with Crippen molar-refractivity contribution in [2.45, 2.75) is 18.9 Å². The largest absolute Gasteiger partial charge is 0.383 e. The summed E-state index contributed by atoms with van der Waals surface area (Å²) in [5.74, 6) is 0.381. The molecule has 7 nitrogen and oxygen atoms in total. The molecule has 1 saturated carbocycles. The number of hydrogen-bond donors (Lipinski definition) is 2. The van der Waals surface area contributed by atoms with E-state index in [2.05, 4.69) is 4.72 Å². The number of nitrogens with zero attached hydrogens (tertiary/aromatic N) is 1. The van der Waals surface area contributed by atoms with Crippen LogP contribution in [0, 0.1) is 5.92 Å². The second-order valence-corrected chi connectivity index (χ2v) is 6.39. The Morgan fingerprint density at radius 3 is 2.16 bits per heavy atom. The van der Waals surface area contributed by atoms with Gasteiger partial charge in [0, 0.05) is 39.9 Å². The molecule has 0 amide bonds. The number of rotatable bonds is 11. The summed E-state index contributed by atoms with van der Waals surface area (Å²) >= 11 is 0. The number of nitrogens with two attached hydrogens (primary N) is 1. The minimum absolute atomic E-state index is 0.169. The molecule has 0 radical (unpaired) electrons. The van der Waals surface area contributed by atoms with Crippen molar-refractivity contribution in [1.29, 1.82) is 0 Å². The summed E-state index contributed by atoms with van der Waals surface area (Å²) in [5.41, 5.74) is 5.63. The summed E-state index contributed by atoms with van der Waals surface area (Å²) in [6.07, 6.45) is 2.08. The number of ether oxygens (including phenoxy) is 2. The van der Waals surface area contributed by atoms with Crippen molar-refractivity contribution in [3.05, 3.63) is 0 Å². The van der Waals surface area contributed by atoms with Crippen molar-refractivity contribution in [3.8, 4) is 0 Å². The van der Waals surface area contributed by atoms with Crippen molar-refractivity contribution in [2.24, 2.45) is 11.7 Å². The van der Waals surface area contributed by atoms with E-state index in [1.165, 1.54) is 4.31 Å². The zero-order valence-electron chi connectivity index (χ0n) is 11.7. The maximum absolute atomic E-state index is 12.3. The van der Waals surface area contributed by atoms with Crippen LogP contribution in [-0.2, 0) is 19.7 Å². The zero-order valence-corrected chi connectivity index (χ0v) is 12.5. The Balaban J connectivity index is 2.61. The van der Waals surface area contributed by atoms with Crippen molar-refractivity contribution in [2.75, 3.05) is 47.1 Å². The highest BCUT2D eigenvalue weighted by Gasteiger charge is 2.34. The normalized spacial score (nSPS) is 17.9. The molecule has 114 valence electrons. The average molecular weight is 295 g/mol. The van der Waals surface area contributed by atoms with E-state index in [1.807, 2.05) is 0 Å². The topological polar surface area (TPSA) is 93.9 Å². The monoisotopic (exact) mass is 295 g/mol. The van der Waals surface area contributed by atoms with E-state index in [0.29, 0.717) is 38.8 Å². The van der Waals surface area contributed by atoms with Gasteiger partial charge in [-0.1, -0.05) is 0 Å². The van der Waals surface area contributed by atoms with Crippen LogP contribution < -0.4 is 10.5 Å². The highest BCUT2D eigenvalue weighted by molar-refractivity contribution is 7.87. The maximum Gasteiger partial charge on any atom is 0.279 e. The number of nitrogens with one attached hydrogen (secondary N) is 1. The van der Waals surface area contributed by atoms with E-state index in [1.54, 1.807) is 14.2 Å². The molecule has 0 aromatic heterocycles. The Labute approximate surface area is 115 Å². The lowest BCUT2D eigenvalue weighted by atomic mass is 10.2. The van der Waals surface area contributed by atoms with Gasteiger partial charge in [0.1, 0.15) is 0 Å². The Morgan fingerprint density at radius 1 is 1.26 bits per heavy atom. The molecule has 3 N–H and O–H groups in total. The lowest BCUT2D eigenvalue weighted by molar-refractivity contribution is 0.149. The third-order valence-corrected chi connectivity index (χ3v) is 4.82. The maximum atomic E-state index is 12.3. The van der Waals surface area contributed by atoms with Gasteiger partial charge in [0.15, 0.2) is 0 Å². The average Bonchev–Trinajstić information content (AvgIpc) is 3.20. The molecular weight excluding hydrogens is 270 g/mol. The van der Waals surface area contributed by atoms with E-state index in [4.69, 9.17) is 15.2 Å². The second kappa shape index (κ2) is 8.13. The minimum Gasteiger partial charge on any atom is -0.383 e. The predicted molar refractivity (Wildman–Crippen MR) is 72.9 cm³/mol. The Hall–Kier alpha value is -0.250. The van der Waals surface area contributed by atoms with E-state index in [9.17, 15) is 8.42 Å². The lowest BCUT2D eigenvalue weighted by Gasteiger charge is -2.25. The molecule has 19 heavy (non-hydrogen) atoms. The summed E-state index contributed by atoms with van der Waals surface area (Å²) in [6, 6.07) is -0.169. The molecule has 0 bridgehead atoms. The highest BCUT2D eigenvalue weighted by Crippen LogP contribution is 2.32. The van der Waals surface area contributed by atoms with Crippen LogP contribution in [0.3, 0.4) is 0 Å². The number of hydrogen-bond acceptors (Lipinski definition) is 5. The van der Waals surface area contributed by atoms with Crippen LogP contribution in [0.25, 0.3) is 0 Å². The molecule has 1 fully saturated rings. The Kier molecular flexibility index (Phi) is 7.19. The first-order valence-corrected chi connectivity index (χ1v) is 7.94. The predicted octanol–water partition coefficient (Wildman–Crippen LogP) is -0.847. The smallest absolute Gasteiger partial charge is 0.279 e. The fraction of sp³-hybridized carbons (Fsp3) is 1.00. The van der Waals surface area contributed by atoms with Gasteiger partial charge in [-0.2, -0.15) is 17.4 Å². The second-order valence-electron chi connectivity index (χ2n) is 4.69. The van der Waals surface area contributed by atoms with Crippen molar-refractivity contribution in [1.82, 2.24) is 9.03 Å². The van der Waals surface area contributed by atoms with Gasteiger partial charge >= 0.3 is 0 Å². The quantitative estimate of drug-likeness (QED) is 0.518. The molecule has 0 saturated heterocycles. The Morgan fingerprint density at radius 2 is 1.79 bits per heavy atom. The summed E-state index contributed by atoms with van der Waals surface area (Å²) in [5, 5.41) is 0. The van der Waals surface area contributed by atoms with Gasteiger partial charge in [-0.05, 0) is 18.8 Å². The van der Waals surface area contributed by atoms with Gasteiger partial charge in [0.25, 0.3) is 10.2 Å². The lowest BCUT2D eigenvalue weighted by Crippen LogP contribution is -2.50. The van der Waals surface area contributed by atoms with Crippen LogP contribution in [0.4, 0.5) is 0 Å². The summed E-state index contributed by atoms with van der Waals surface area (Å²) < 4.78 is 38.5. The van der Waals surface area contributed by atoms with Crippen LogP contribution >= 0.6 is 0 Å². The molecule has 1 unspecified atom stereocenters. The zero-order chi connectivity index (χ0) is 14.3. The first-order valence-electron chi connectivity index (χ1n) is 6.50. The fourth-order valence-corrected chi connectivity index (χ4v) is 3.29. The third kappa shape index (κ3) is 5.72. The summed E-state index contributed by atoms with van der Waals surface area (Å²) in [4.78, 5) is 0. The van der Waals surface area contributed by atoms with Crippen LogP contribution in [0.5, 0.6) is 0 Å². The summed E-state index contributed by atoms with van der Waals surface area (Å²) in [7, 11) is -0.454. The van der Waals surface area contributed by atoms with E-state index < -0.39 is 10.2 Å². The molecule has 0 heterocycles. The number of methoxy groups -OCH3 is 2. The minimum atomic E-state index is -3.54. The van der Waals surface area contributed by atoms with Crippen LogP contribution in [0.2, 0.25) is 0 Å². The summed E-state index contributed by atoms with van der Waals surface area (Å²) in [6.45, 7) is 1.63. The van der Waals surface area contributed by atoms with Crippen LogP contribution in [0.1, 0.15) is 12.8 Å². The first-order chi connectivity index (χ1) is 9.05. The molecule has 1 aliphatic carbocycles. The van der Waals surface area contributed by atoms with Crippen LogP contribution in [0.15, 0.2) is 0 Å². The van der Waals surface area contributed by atoms with E-state index in [-0.39, 0.29) is 6.04 Å². The van der Waals surface area contributed by atoms with Gasteiger partial charge in [0.2, 0.25) is 0 Å². The molecular formula is C11H25N3O4S. The molecule has 1 aliphatic rings. The van der Waals surface area contributed by atoms with Crippen molar-refractivity contribution < 1.29 is 17.9 Å². The van der Waals surface area contributed by atoms with Gasteiger partial charge in [-0.15, -0.1) is 0 Å². The van der Waals surface area contributed by atoms with E-state index in [0.717, 1.165) is 12.8 Å². The molecule has 0 aliphatic heterocycles. The highest BCUT2D eigenvalue weighted by atomic mass is 32.2. The molecule has 8 heteroatoms. The van der Waals surface area contributed by atoms with Gasteiger partial charge in [-0.3, -0.25) is 0 Å². The molecule has 0 spiro atoms. The SMILES string of the molecule is COCCN(CCOC)S(=O)(=O)NC(CN)C1CC1. The van der Waals surface area contributed by atoms with Gasteiger partial charge < -0.3 is 15.2 Å². The van der Waals surface area contributed by atoms with Gasteiger partial charge in [0.05, 0.1) is 13.2 Å². The first kappa shape index (κ1) is 16.8. The molecule has 1 atom stereocenters. The molecule has 0 aromatic rings. The van der Waals surface area contributed by atoms with E-state index >= 15 is 0 Å². The fourth-order valence-electron chi connectivity index (χ4n) is 1.84. The standard InChI is InChI=1S/C11H25N3O4S/c1-17-7-5-14(6-8-18-2)19(15,16)13-11(9-12)10-3-4-10/h10-11,13H,3-9,12H2,1-2H3.